The standard InChI is InChI=1S/C30H24N2O3/c1-20-14-26-25(18-32(19-34-26)17-22-6-5-13-31-16-22)30-28(20)29(33)27(35-30)15-21-9-11-24(12-10-21)23-7-3-2-4-8-23/h2-16H,17-19H2,1H3/b27-15-. The molecule has 0 amide bonds. The van der Waals surface area contributed by atoms with Gasteiger partial charge in [-0.25, -0.2) is 0 Å². The monoisotopic (exact) mass is 460 g/mol. The molecule has 4 aromatic rings. The second-order valence-electron chi connectivity index (χ2n) is 8.92. The summed E-state index contributed by atoms with van der Waals surface area (Å²) >= 11 is 0. The van der Waals surface area contributed by atoms with Gasteiger partial charge in [0.2, 0.25) is 5.78 Å². The van der Waals surface area contributed by atoms with Crippen molar-refractivity contribution in [3.63, 3.8) is 0 Å². The first-order chi connectivity index (χ1) is 17.2. The molecule has 0 bridgehead atoms. The second kappa shape index (κ2) is 8.85. The zero-order valence-corrected chi connectivity index (χ0v) is 19.4. The number of nitrogens with zero attached hydrogens (tertiary/aromatic N) is 2. The number of aryl methyl sites for hydroxylation is 1. The number of ether oxygens (including phenoxy) is 2. The van der Waals surface area contributed by atoms with Crippen LogP contribution in [0.5, 0.6) is 11.5 Å². The van der Waals surface area contributed by atoms with Gasteiger partial charge in [-0.2, -0.15) is 0 Å². The summed E-state index contributed by atoms with van der Waals surface area (Å²) in [6, 6.07) is 24.3. The van der Waals surface area contributed by atoms with Gasteiger partial charge in [0.05, 0.1) is 11.1 Å². The van der Waals surface area contributed by atoms with Gasteiger partial charge in [-0.1, -0.05) is 60.7 Å². The Bertz CT molecular complexity index is 1430. The van der Waals surface area contributed by atoms with Gasteiger partial charge in [0.1, 0.15) is 18.2 Å². The predicted octanol–water partition coefficient (Wildman–Crippen LogP) is 6.03. The number of rotatable bonds is 4. The highest BCUT2D eigenvalue weighted by Crippen LogP contribution is 2.44. The van der Waals surface area contributed by atoms with Gasteiger partial charge < -0.3 is 9.47 Å². The van der Waals surface area contributed by atoms with Crippen molar-refractivity contribution in [2.75, 3.05) is 6.73 Å². The van der Waals surface area contributed by atoms with E-state index < -0.39 is 0 Å². The molecule has 0 saturated carbocycles. The van der Waals surface area contributed by atoms with Crippen molar-refractivity contribution in [3.8, 4) is 22.6 Å². The minimum Gasteiger partial charge on any atom is -0.478 e. The number of hydrogen-bond acceptors (Lipinski definition) is 5. The Morgan fingerprint density at radius 1 is 1.00 bits per heavy atom. The summed E-state index contributed by atoms with van der Waals surface area (Å²) in [4.78, 5) is 19.7. The number of pyridine rings is 1. The Kier molecular flexibility index (Phi) is 5.39. The Balaban J connectivity index is 1.28. The molecule has 0 aliphatic carbocycles. The lowest BCUT2D eigenvalue weighted by molar-refractivity contribution is 0.0871. The maximum absolute atomic E-state index is 13.3. The maximum atomic E-state index is 13.3. The largest absolute Gasteiger partial charge is 0.478 e. The molecular weight excluding hydrogens is 436 g/mol. The molecule has 0 saturated heterocycles. The fourth-order valence-corrected chi connectivity index (χ4v) is 4.68. The number of carbonyl (C=O) groups excluding carboxylic acids is 1. The lowest BCUT2D eigenvalue weighted by Gasteiger charge is -2.30. The van der Waals surface area contributed by atoms with E-state index in [2.05, 4.69) is 34.1 Å². The molecule has 3 heterocycles. The number of fused-ring (bicyclic) bond motifs is 3. The van der Waals surface area contributed by atoms with Crippen LogP contribution in [0, 0.1) is 6.92 Å². The average molecular weight is 461 g/mol. The third-order valence-electron chi connectivity index (χ3n) is 6.43. The van der Waals surface area contributed by atoms with Gasteiger partial charge in [-0.3, -0.25) is 14.7 Å². The zero-order valence-electron chi connectivity index (χ0n) is 19.4. The van der Waals surface area contributed by atoms with E-state index in [-0.39, 0.29) is 5.78 Å². The van der Waals surface area contributed by atoms with Crippen LogP contribution in [0.25, 0.3) is 17.2 Å². The van der Waals surface area contributed by atoms with Crippen molar-refractivity contribution in [1.29, 1.82) is 0 Å². The van der Waals surface area contributed by atoms with Crippen molar-refractivity contribution < 1.29 is 14.3 Å². The van der Waals surface area contributed by atoms with Crippen LogP contribution < -0.4 is 9.47 Å². The van der Waals surface area contributed by atoms with E-state index in [4.69, 9.17) is 9.47 Å². The normalized spacial score (nSPS) is 15.9. The molecule has 0 atom stereocenters. The number of ketones is 1. The first-order valence-corrected chi connectivity index (χ1v) is 11.7. The van der Waals surface area contributed by atoms with E-state index in [1.54, 1.807) is 6.20 Å². The fraction of sp³-hybridized carbons (Fsp3) is 0.133. The van der Waals surface area contributed by atoms with Crippen molar-refractivity contribution >= 4 is 11.9 Å². The van der Waals surface area contributed by atoms with Gasteiger partial charge in [0.15, 0.2) is 5.76 Å². The third kappa shape index (κ3) is 4.11. The van der Waals surface area contributed by atoms with Gasteiger partial charge >= 0.3 is 0 Å². The summed E-state index contributed by atoms with van der Waals surface area (Å²) in [5.74, 6) is 1.66. The molecule has 0 N–H and O–H groups in total. The van der Waals surface area contributed by atoms with E-state index in [1.165, 1.54) is 0 Å². The molecule has 0 radical (unpaired) electrons. The highest BCUT2D eigenvalue weighted by Gasteiger charge is 2.35. The number of Topliss-reactive ketones (excluding diaryl/α,β-unsaturated/α-hetero) is 1. The van der Waals surface area contributed by atoms with Crippen LogP contribution in [0.4, 0.5) is 0 Å². The summed E-state index contributed by atoms with van der Waals surface area (Å²) in [5.41, 5.74) is 6.73. The SMILES string of the molecule is Cc1cc2c(c3c1C(=O)/C(=C/c1ccc(-c4ccccc4)cc1)O3)CN(Cc1cccnc1)CO2. The molecule has 35 heavy (non-hydrogen) atoms. The number of hydrogen-bond donors (Lipinski definition) is 0. The van der Waals surface area contributed by atoms with Crippen molar-refractivity contribution in [2.24, 2.45) is 0 Å². The number of benzene rings is 3. The van der Waals surface area contributed by atoms with E-state index >= 15 is 0 Å². The van der Waals surface area contributed by atoms with Crippen LogP contribution in [-0.4, -0.2) is 22.4 Å². The quantitative estimate of drug-likeness (QED) is 0.348. The minimum atomic E-state index is -0.0863. The van der Waals surface area contributed by atoms with Crippen molar-refractivity contribution in [2.45, 2.75) is 20.0 Å². The lowest BCUT2D eigenvalue weighted by Crippen LogP contribution is -2.31. The first kappa shape index (κ1) is 21.3. The summed E-state index contributed by atoms with van der Waals surface area (Å²) in [6.07, 6.45) is 5.45. The number of allylic oxidation sites excluding steroid dienone is 1. The molecule has 5 nitrogen and oxygen atoms in total. The minimum absolute atomic E-state index is 0.0863. The molecule has 6 rings (SSSR count). The summed E-state index contributed by atoms with van der Waals surface area (Å²) in [5, 5.41) is 0. The molecule has 0 unspecified atom stereocenters. The molecule has 0 fully saturated rings. The third-order valence-corrected chi connectivity index (χ3v) is 6.43. The van der Waals surface area contributed by atoms with E-state index in [9.17, 15) is 4.79 Å². The average Bonchev–Trinajstić information content (AvgIpc) is 3.23. The summed E-state index contributed by atoms with van der Waals surface area (Å²) in [6.45, 7) is 3.76. The topological polar surface area (TPSA) is 51.7 Å². The molecule has 0 spiro atoms. The summed E-state index contributed by atoms with van der Waals surface area (Å²) < 4.78 is 12.3. The molecule has 2 aliphatic rings. The second-order valence-corrected chi connectivity index (χ2v) is 8.92. The lowest BCUT2D eigenvalue weighted by atomic mass is 9.98. The van der Waals surface area contributed by atoms with E-state index in [0.717, 1.165) is 39.1 Å². The van der Waals surface area contributed by atoms with Gasteiger partial charge in [-0.15, -0.1) is 0 Å². The molecule has 3 aromatic carbocycles. The Hall–Kier alpha value is -4.22. The predicted molar refractivity (Wildman–Crippen MR) is 135 cm³/mol. The van der Waals surface area contributed by atoms with Crippen LogP contribution in [0.1, 0.15) is 32.6 Å². The van der Waals surface area contributed by atoms with Gasteiger partial charge in [-0.05, 0) is 52.9 Å². The van der Waals surface area contributed by atoms with Crippen LogP contribution in [0.3, 0.4) is 0 Å². The zero-order chi connectivity index (χ0) is 23.8. The van der Waals surface area contributed by atoms with Gasteiger partial charge in [0.25, 0.3) is 0 Å². The Labute approximate surface area is 204 Å². The fourth-order valence-electron chi connectivity index (χ4n) is 4.68. The van der Waals surface area contributed by atoms with Gasteiger partial charge in [0, 0.05) is 25.5 Å². The van der Waals surface area contributed by atoms with Crippen molar-refractivity contribution in [1.82, 2.24) is 9.88 Å². The van der Waals surface area contributed by atoms with Crippen LogP contribution in [-0.2, 0) is 13.1 Å². The molecular formula is C30H24N2O3. The number of carbonyl (C=O) groups is 1. The maximum Gasteiger partial charge on any atom is 0.232 e. The highest BCUT2D eigenvalue weighted by atomic mass is 16.5. The molecule has 2 aliphatic heterocycles. The highest BCUT2D eigenvalue weighted by molar-refractivity contribution is 6.15. The smallest absolute Gasteiger partial charge is 0.232 e. The molecule has 172 valence electrons. The van der Waals surface area contributed by atoms with Crippen molar-refractivity contribution in [3.05, 3.63) is 119 Å². The van der Waals surface area contributed by atoms with E-state index in [0.29, 0.717) is 36.9 Å². The Morgan fingerprint density at radius 3 is 2.57 bits per heavy atom. The van der Waals surface area contributed by atoms with Crippen LogP contribution in [0.15, 0.2) is 90.9 Å². The van der Waals surface area contributed by atoms with Crippen LogP contribution in [0.2, 0.25) is 0 Å². The molecule has 1 aromatic heterocycles. The van der Waals surface area contributed by atoms with E-state index in [1.807, 2.05) is 67.7 Å². The number of aromatic nitrogens is 1. The molecule has 5 heteroatoms. The first-order valence-electron chi connectivity index (χ1n) is 11.7. The summed E-state index contributed by atoms with van der Waals surface area (Å²) in [7, 11) is 0. The Morgan fingerprint density at radius 2 is 1.80 bits per heavy atom. The van der Waals surface area contributed by atoms with Crippen LogP contribution >= 0.6 is 0 Å².